The number of β-amino-alcohol motifs (C(OH)–C–C–N with tert-alkyl or cyclic N) is 1. The van der Waals surface area contributed by atoms with Gasteiger partial charge in [-0.2, -0.15) is 0 Å². The van der Waals surface area contributed by atoms with E-state index in [-0.39, 0.29) is 18.7 Å². The Labute approximate surface area is 175 Å². The Hall–Kier alpha value is -2.90. The van der Waals surface area contributed by atoms with Crippen LogP contribution in [0.2, 0.25) is 0 Å². The van der Waals surface area contributed by atoms with Gasteiger partial charge in [0, 0.05) is 30.3 Å². The third-order valence-corrected chi connectivity index (χ3v) is 5.40. The zero-order chi connectivity index (χ0) is 20.2. The predicted molar refractivity (Wildman–Crippen MR) is 116 cm³/mol. The number of ether oxygens (including phenoxy) is 1. The SMILES string of the molecule is CCOc1ccc(-n2cccc2C2C(c3ccccn3)NC(=S)N2CCO)cc1. The van der Waals surface area contributed by atoms with Gasteiger partial charge >= 0.3 is 0 Å². The Kier molecular flexibility index (Phi) is 5.78. The van der Waals surface area contributed by atoms with Gasteiger partial charge in [0.2, 0.25) is 0 Å². The van der Waals surface area contributed by atoms with Crippen LogP contribution in [-0.2, 0) is 0 Å². The van der Waals surface area contributed by atoms with Gasteiger partial charge in [-0.3, -0.25) is 4.98 Å². The monoisotopic (exact) mass is 408 g/mol. The normalized spacial score (nSPS) is 18.7. The average Bonchev–Trinajstić information content (AvgIpc) is 3.35. The molecule has 1 aliphatic rings. The number of benzene rings is 1. The molecule has 0 bridgehead atoms. The molecule has 1 fully saturated rings. The van der Waals surface area contributed by atoms with E-state index in [0.717, 1.165) is 22.8 Å². The molecule has 2 aromatic heterocycles. The molecule has 4 rings (SSSR count). The Bertz CT molecular complexity index is 958. The number of hydrogen-bond donors (Lipinski definition) is 2. The van der Waals surface area contributed by atoms with Crippen molar-refractivity contribution in [1.29, 1.82) is 0 Å². The van der Waals surface area contributed by atoms with Gasteiger partial charge in [0.05, 0.1) is 31.0 Å². The van der Waals surface area contributed by atoms with Crippen molar-refractivity contribution in [2.24, 2.45) is 0 Å². The maximum atomic E-state index is 9.62. The predicted octanol–water partition coefficient (Wildman–Crippen LogP) is 3.24. The summed E-state index contributed by atoms with van der Waals surface area (Å²) in [6, 6.07) is 17.8. The minimum absolute atomic E-state index is 0.0248. The molecule has 0 spiro atoms. The first kappa shape index (κ1) is 19.4. The molecule has 0 radical (unpaired) electrons. The third-order valence-electron chi connectivity index (χ3n) is 5.05. The van der Waals surface area contributed by atoms with Crippen molar-refractivity contribution < 1.29 is 9.84 Å². The van der Waals surface area contributed by atoms with E-state index in [4.69, 9.17) is 17.0 Å². The van der Waals surface area contributed by atoms with Gasteiger partial charge in [0.15, 0.2) is 5.11 Å². The maximum absolute atomic E-state index is 9.62. The largest absolute Gasteiger partial charge is 0.494 e. The molecule has 1 aromatic carbocycles. The molecule has 7 heteroatoms. The highest BCUT2D eigenvalue weighted by molar-refractivity contribution is 7.80. The van der Waals surface area contributed by atoms with Crippen molar-refractivity contribution in [1.82, 2.24) is 19.8 Å². The molecule has 3 aromatic rings. The van der Waals surface area contributed by atoms with Crippen LogP contribution in [0.5, 0.6) is 5.75 Å². The Balaban J connectivity index is 1.74. The van der Waals surface area contributed by atoms with Gasteiger partial charge in [0.25, 0.3) is 0 Å². The van der Waals surface area contributed by atoms with Crippen molar-refractivity contribution in [3.05, 3.63) is 78.4 Å². The lowest BCUT2D eigenvalue weighted by Gasteiger charge is -2.28. The Morgan fingerprint density at radius 2 is 1.97 bits per heavy atom. The van der Waals surface area contributed by atoms with Crippen molar-refractivity contribution >= 4 is 17.3 Å². The summed E-state index contributed by atoms with van der Waals surface area (Å²) in [5.41, 5.74) is 3.03. The second-order valence-electron chi connectivity index (χ2n) is 6.77. The number of nitrogens with one attached hydrogen (secondary N) is 1. The Morgan fingerprint density at radius 3 is 2.66 bits per heavy atom. The molecule has 1 aliphatic heterocycles. The molecule has 1 saturated heterocycles. The molecular formula is C22H24N4O2S. The molecule has 6 nitrogen and oxygen atoms in total. The summed E-state index contributed by atoms with van der Waals surface area (Å²) < 4.78 is 7.71. The highest BCUT2D eigenvalue weighted by Gasteiger charge is 2.40. The van der Waals surface area contributed by atoms with E-state index in [2.05, 4.69) is 20.9 Å². The van der Waals surface area contributed by atoms with Crippen LogP contribution in [0, 0.1) is 0 Å². The first-order chi connectivity index (χ1) is 14.2. The van der Waals surface area contributed by atoms with Crippen LogP contribution in [-0.4, -0.2) is 44.4 Å². The zero-order valence-corrected chi connectivity index (χ0v) is 17.0. The van der Waals surface area contributed by atoms with E-state index >= 15 is 0 Å². The number of hydrogen-bond acceptors (Lipinski definition) is 4. The molecule has 0 aliphatic carbocycles. The first-order valence-electron chi connectivity index (χ1n) is 9.72. The molecule has 29 heavy (non-hydrogen) atoms. The van der Waals surface area contributed by atoms with Crippen LogP contribution >= 0.6 is 12.2 Å². The summed E-state index contributed by atoms with van der Waals surface area (Å²) in [6.07, 6.45) is 3.83. The second-order valence-corrected chi connectivity index (χ2v) is 7.16. The summed E-state index contributed by atoms with van der Waals surface area (Å²) in [5.74, 6) is 0.849. The molecule has 0 amide bonds. The number of aliphatic hydroxyl groups is 1. The lowest BCUT2D eigenvalue weighted by atomic mass is 10.0. The van der Waals surface area contributed by atoms with E-state index in [1.165, 1.54) is 0 Å². The Morgan fingerprint density at radius 1 is 1.14 bits per heavy atom. The van der Waals surface area contributed by atoms with Gasteiger partial charge in [-0.1, -0.05) is 6.07 Å². The fourth-order valence-electron chi connectivity index (χ4n) is 3.82. The van der Waals surface area contributed by atoms with Gasteiger partial charge in [-0.15, -0.1) is 0 Å². The quantitative estimate of drug-likeness (QED) is 0.586. The highest BCUT2D eigenvalue weighted by Crippen LogP contribution is 2.39. The smallest absolute Gasteiger partial charge is 0.170 e. The van der Waals surface area contributed by atoms with Crippen molar-refractivity contribution in [2.75, 3.05) is 19.8 Å². The van der Waals surface area contributed by atoms with Gasteiger partial charge < -0.3 is 24.6 Å². The van der Waals surface area contributed by atoms with Crippen molar-refractivity contribution in [3.8, 4) is 11.4 Å². The molecule has 2 unspecified atom stereocenters. The summed E-state index contributed by atoms with van der Waals surface area (Å²) in [6.45, 7) is 3.09. The lowest BCUT2D eigenvalue weighted by molar-refractivity contribution is 0.220. The first-order valence-corrected chi connectivity index (χ1v) is 10.1. The van der Waals surface area contributed by atoms with Crippen LogP contribution in [0.25, 0.3) is 5.69 Å². The number of thiocarbonyl (C=S) groups is 1. The second kappa shape index (κ2) is 8.63. The minimum atomic E-state index is -0.105. The number of rotatable bonds is 7. The number of nitrogens with zero attached hydrogens (tertiary/aromatic N) is 3. The average molecular weight is 409 g/mol. The van der Waals surface area contributed by atoms with E-state index in [1.54, 1.807) is 6.20 Å². The maximum Gasteiger partial charge on any atom is 0.170 e. The van der Waals surface area contributed by atoms with Crippen molar-refractivity contribution in [3.63, 3.8) is 0 Å². The molecule has 150 valence electrons. The minimum Gasteiger partial charge on any atom is -0.494 e. The fourth-order valence-corrected chi connectivity index (χ4v) is 4.15. The van der Waals surface area contributed by atoms with E-state index < -0.39 is 0 Å². The van der Waals surface area contributed by atoms with Crippen LogP contribution in [0.1, 0.15) is 30.4 Å². The summed E-state index contributed by atoms with van der Waals surface area (Å²) in [4.78, 5) is 6.58. The van der Waals surface area contributed by atoms with Crippen LogP contribution in [0.4, 0.5) is 0 Å². The molecule has 2 N–H and O–H groups in total. The van der Waals surface area contributed by atoms with E-state index in [1.807, 2.05) is 66.6 Å². The molecule has 0 saturated carbocycles. The van der Waals surface area contributed by atoms with Crippen molar-refractivity contribution in [2.45, 2.75) is 19.0 Å². The third kappa shape index (κ3) is 3.83. The van der Waals surface area contributed by atoms with Crippen LogP contribution in [0.15, 0.2) is 67.0 Å². The number of pyridine rings is 1. The number of aromatic nitrogens is 2. The lowest BCUT2D eigenvalue weighted by Crippen LogP contribution is -2.32. The van der Waals surface area contributed by atoms with E-state index in [0.29, 0.717) is 18.3 Å². The fraction of sp³-hybridized carbons (Fsp3) is 0.273. The standard InChI is InChI=1S/C22H24N4O2S/c1-2-28-17-10-8-16(9-11-17)25-13-5-7-19(25)21-20(18-6-3-4-12-23-18)24-22(29)26(21)14-15-27/h3-13,20-21,27H,2,14-15H2,1H3,(H,24,29). The summed E-state index contributed by atoms with van der Waals surface area (Å²) in [5, 5.41) is 13.6. The molecule has 3 heterocycles. The summed E-state index contributed by atoms with van der Waals surface area (Å²) >= 11 is 5.59. The summed E-state index contributed by atoms with van der Waals surface area (Å²) in [7, 11) is 0. The topological polar surface area (TPSA) is 62.5 Å². The zero-order valence-electron chi connectivity index (χ0n) is 16.2. The van der Waals surface area contributed by atoms with Gasteiger partial charge in [-0.25, -0.2) is 0 Å². The van der Waals surface area contributed by atoms with Gasteiger partial charge in [0.1, 0.15) is 5.75 Å². The van der Waals surface area contributed by atoms with E-state index in [9.17, 15) is 5.11 Å². The van der Waals surface area contributed by atoms with Crippen LogP contribution in [0.3, 0.4) is 0 Å². The molecule has 2 atom stereocenters. The highest BCUT2D eigenvalue weighted by atomic mass is 32.1. The van der Waals surface area contributed by atoms with Crippen LogP contribution < -0.4 is 10.1 Å². The number of aliphatic hydroxyl groups excluding tert-OH is 1. The van der Waals surface area contributed by atoms with Gasteiger partial charge in [-0.05, 0) is 67.7 Å². The molecular weight excluding hydrogens is 384 g/mol.